The Hall–Kier alpha value is -0.843. The van der Waals surface area contributed by atoms with Crippen molar-refractivity contribution in [3.05, 3.63) is 29.8 Å². The minimum absolute atomic E-state index is 0.0611. The third kappa shape index (κ3) is 3.81. The van der Waals surface area contributed by atoms with Crippen LogP contribution < -0.4 is 4.74 Å². The van der Waals surface area contributed by atoms with Crippen LogP contribution in [0.5, 0.6) is 5.75 Å². The minimum Gasteiger partial charge on any atom is -0.462 e. The van der Waals surface area contributed by atoms with E-state index in [4.69, 9.17) is 13.9 Å². The smallest absolute Gasteiger partial charge is 0.210 e. The lowest BCUT2D eigenvalue weighted by atomic mass is 10.0. The van der Waals surface area contributed by atoms with Gasteiger partial charge in [0, 0.05) is 18.4 Å². The molecule has 1 aromatic carbocycles. The highest BCUT2D eigenvalue weighted by Crippen LogP contribution is 2.43. The van der Waals surface area contributed by atoms with E-state index in [-0.39, 0.29) is 11.1 Å². The molecule has 0 spiro atoms. The first-order chi connectivity index (χ1) is 10.6. The summed E-state index contributed by atoms with van der Waals surface area (Å²) in [5.41, 5.74) is 1.10. The lowest BCUT2D eigenvalue weighted by Gasteiger charge is -2.43. The number of benzene rings is 1. The molecule has 1 aliphatic rings. The number of rotatable bonds is 5. The Labute approximate surface area is 142 Å². The highest BCUT2D eigenvalue weighted by atomic mass is 28.4. The molecule has 2 rings (SSSR count). The fourth-order valence-corrected chi connectivity index (χ4v) is 3.57. The van der Waals surface area contributed by atoms with Gasteiger partial charge >= 0.3 is 0 Å². The monoisotopic (exact) mass is 336 g/mol. The molecule has 0 aromatic heterocycles. The standard InChI is InChI=1S/C19H32O3Si/c1-8-19(9-2)21-16-13-11-10-12-15(16)17(22-19)14-20-23(6,7)18(3,4)5/h10-13,17H,8-9,14H2,1-7H3/t17-/m1/s1. The van der Waals surface area contributed by atoms with Crippen LogP contribution in [0.2, 0.25) is 18.1 Å². The highest BCUT2D eigenvalue weighted by Gasteiger charge is 2.42. The van der Waals surface area contributed by atoms with Gasteiger partial charge in [0.15, 0.2) is 8.32 Å². The average molecular weight is 337 g/mol. The normalized spacial score (nSPS) is 20.7. The van der Waals surface area contributed by atoms with Gasteiger partial charge in [0.2, 0.25) is 5.79 Å². The summed E-state index contributed by atoms with van der Waals surface area (Å²) in [6.07, 6.45) is 1.59. The van der Waals surface area contributed by atoms with Gasteiger partial charge in [-0.2, -0.15) is 0 Å². The molecule has 1 heterocycles. The fourth-order valence-electron chi connectivity index (χ4n) is 2.57. The summed E-state index contributed by atoms with van der Waals surface area (Å²) < 4.78 is 19.0. The third-order valence-electron chi connectivity index (χ3n) is 5.40. The molecule has 3 nitrogen and oxygen atoms in total. The zero-order valence-electron chi connectivity index (χ0n) is 15.7. The van der Waals surface area contributed by atoms with Gasteiger partial charge in [-0.05, 0) is 24.2 Å². The van der Waals surface area contributed by atoms with Crippen LogP contribution in [0.3, 0.4) is 0 Å². The largest absolute Gasteiger partial charge is 0.462 e. The molecule has 0 saturated carbocycles. The third-order valence-corrected chi connectivity index (χ3v) is 9.90. The zero-order chi connectivity index (χ0) is 17.3. The number of hydrogen-bond donors (Lipinski definition) is 0. The summed E-state index contributed by atoms with van der Waals surface area (Å²) in [4.78, 5) is 0. The van der Waals surface area contributed by atoms with Gasteiger partial charge in [-0.15, -0.1) is 0 Å². The summed E-state index contributed by atoms with van der Waals surface area (Å²) in [5.74, 6) is 0.404. The van der Waals surface area contributed by atoms with Crippen LogP contribution in [-0.4, -0.2) is 20.7 Å². The van der Waals surface area contributed by atoms with Crippen LogP contribution in [0.1, 0.15) is 59.1 Å². The molecule has 0 bridgehead atoms. The molecule has 0 fully saturated rings. The van der Waals surface area contributed by atoms with Crippen LogP contribution >= 0.6 is 0 Å². The van der Waals surface area contributed by atoms with Crippen LogP contribution in [0.4, 0.5) is 0 Å². The molecule has 23 heavy (non-hydrogen) atoms. The second kappa shape index (κ2) is 6.58. The summed E-state index contributed by atoms with van der Waals surface area (Å²) in [6, 6.07) is 8.18. The van der Waals surface area contributed by atoms with E-state index < -0.39 is 14.1 Å². The van der Waals surface area contributed by atoms with Gasteiger partial charge in [0.25, 0.3) is 0 Å². The Morgan fingerprint density at radius 2 is 1.74 bits per heavy atom. The zero-order valence-corrected chi connectivity index (χ0v) is 16.7. The molecule has 0 amide bonds. The van der Waals surface area contributed by atoms with Crippen LogP contribution in [0.25, 0.3) is 0 Å². The first-order valence-electron chi connectivity index (χ1n) is 8.74. The van der Waals surface area contributed by atoms with E-state index in [0.29, 0.717) is 6.61 Å². The molecule has 0 radical (unpaired) electrons. The van der Waals surface area contributed by atoms with Gasteiger partial charge in [-0.25, -0.2) is 0 Å². The van der Waals surface area contributed by atoms with Crippen molar-refractivity contribution in [2.75, 3.05) is 6.61 Å². The van der Waals surface area contributed by atoms with Crippen molar-refractivity contribution in [2.45, 2.75) is 77.5 Å². The average Bonchev–Trinajstić information content (AvgIpc) is 2.51. The van der Waals surface area contributed by atoms with Crippen molar-refractivity contribution in [3.8, 4) is 5.75 Å². The van der Waals surface area contributed by atoms with Gasteiger partial charge in [-0.1, -0.05) is 52.8 Å². The van der Waals surface area contributed by atoms with Crippen LogP contribution in [-0.2, 0) is 9.16 Å². The lowest BCUT2D eigenvalue weighted by molar-refractivity contribution is -0.238. The second-order valence-electron chi connectivity index (χ2n) is 7.94. The minimum atomic E-state index is -1.80. The quantitative estimate of drug-likeness (QED) is 0.648. The Morgan fingerprint density at radius 3 is 2.30 bits per heavy atom. The molecular weight excluding hydrogens is 304 g/mol. The number of hydrogen-bond acceptors (Lipinski definition) is 3. The van der Waals surface area contributed by atoms with E-state index in [1.807, 2.05) is 18.2 Å². The highest BCUT2D eigenvalue weighted by molar-refractivity contribution is 6.74. The van der Waals surface area contributed by atoms with Gasteiger partial charge < -0.3 is 13.9 Å². The van der Waals surface area contributed by atoms with E-state index in [1.165, 1.54) is 0 Å². The van der Waals surface area contributed by atoms with Crippen LogP contribution in [0.15, 0.2) is 24.3 Å². The van der Waals surface area contributed by atoms with E-state index in [1.54, 1.807) is 0 Å². The van der Waals surface area contributed by atoms with E-state index in [0.717, 1.165) is 24.2 Å². The number of ether oxygens (including phenoxy) is 2. The van der Waals surface area contributed by atoms with Crippen molar-refractivity contribution < 1.29 is 13.9 Å². The second-order valence-corrected chi connectivity index (χ2v) is 12.7. The number of fused-ring (bicyclic) bond motifs is 1. The van der Waals surface area contributed by atoms with E-state index >= 15 is 0 Å². The van der Waals surface area contributed by atoms with E-state index in [9.17, 15) is 0 Å². The topological polar surface area (TPSA) is 27.7 Å². The maximum absolute atomic E-state index is 6.43. The van der Waals surface area contributed by atoms with Crippen molar-refractivity contribution in [1.82, 2.24) is 0 Å². The Morgan fingerprint density at radius 1 is 1.13 bits per heavy atom. The molecular formula is C19H32O3Si. The Kier molecular flexibility index (Phi) is 5.29. The SMILES string of the molecule is CCC1(CC)Oc2ccccc2[C@@H](CO[Si](C)(C)C(C)(C)C)O1. The predicted octanol–water partition coefficient (Wildman–Crippen LogP) is 5.67. The van der Waals surface area contributed by atoms with Crippen LogP contribution in [0, 0.1) is 0 Å². The molecule has 0 unspecified atom stereocenters. The molecule has 130 valence electrons. The molecule has 0 N–H and O–H groups in total. The Balaban J connectivity index is 2.23. The Bertz CT molecular complexity index is 530. The molecule has 0 aliphatic carbocycles. The molecule has 1 aromatic rings. The molecule has 1 atom stereocenters. The van der Waals surface area contributed by atoms with Crippen molar-refractivity contribution in [1.29, 1.82) is 0 Å². The fraction of sp³-hybridized carbons (Fsp3) is 0.684. The summed E-state index contributed by atoms with van der Waals surface area (Å²) >= 11 is 0. The first kappa shape index (κ1) is 18.5. The molecule has 1 aliphatic heterocycles. The summed E-state index contributed by atoms with van der Waals surface area (Å²) in [5, 5.41) is 0.199. The predicted molar refractivity (Wildman–Crippen MR) is 97.4 cm³/mol. The maximum atomic E-state index is 6.43. The summed E-state index contributed by atoms with van der Waals surface area (Å²) in [6.45, 7) is 16.2. The summed E-state index contributed by atoms with van der Waals surface area (Å²) in [7, 11) is -1.80. The van der Waals surface area contributed by atoms with Gasteiger partial charge in [-0.3, -0.25) is 0 Å². The first-order valence-corrected chi connectivity index (χ1v) is 11.6. The number of para-hydroxylation sites is 1. The van der Waals surface area contributed by atoms with Gasteiger partial charge in [0.1, 0.15) is 11.9 Å². The van der Waals surface area contributed by atoms with Crippen molar-refractivity contribution in [3.63, 3.8) is 0 Å². The van der Waals surface area contributed by atoms with Gasteiger partial charge in [0.05, 0.1) is 6.61 Å². The van der Waals surface area contributed by atoms with Crippen molar-refractivity contribution in [2.24, 2.45) is 0 Å². The maximum Gasteiger partial charge on any atom is 0.210 e. The molecule has 0 saturated heterocycles. The lowest BCUT2D eigenvalue weighted by Crippen LogP contribution is -2.46. The molecule has 4 heteroatoms. The van der Waals surface area contributed by atoms with Crippen molar-refractivity contribution >= 4 is 8.32 Å². The van der Waals surface area contributed by atoms with E-state index in [2.05, 4.69) is 53.8 Å².